The molecule has 72 valence electrons. The summed E-state index contributed by atoms with van der Waals surface area (Å²) in [6, 6.07) is 0. The van der Waals surface area contributed by atoms with Crippen LogP contribution in [0.4, 0.5) is 4.39 Å². The lowest BCUT2D eigenvalue weighted by atomic mass is 9.84. The molecule has 0 bridgehead atoms. The number of aliphatic hydroxyl groups is 1. The smallest absolute Gasteiger partial charge is 0.260 e. The third-order valence-corrected chi connectivity index (χ3v) is 3.11. The van der Waals surface area contributed by atoms with Crippen LogP contribution in [-0.2, 0) is 0 Å². The molecule has 0 spiro atoms. The van der Waals surface area contributed by atoms with Gasteiger partial charge in [0.25, 0.3) is 5.54 Å². The molecule has 1 aliphatic rings. The average molecular weight is 183 g/mol. The van der Waals surface area contributed by atoms with Gasteiger partial charge in [0.1, 0.15) is 0 Å². The van der Waals surface area contributed by atoms with Gasteiger partial charge in [-0.05, 0) is 6.42 Å². The van der Waals surface area contributed by atoms with Crippen LogP contribution in [0.25, 0.3) is 4.85 Å². The highest BCUT2D eigenvalue weighted by molar-refractivity contribution is 5.34. The Morgan fingerprint density at radius 1 is 1.85 bits per heavy atom. The van der Waals surface area contributed by atoms with Gasteiger partial charge in [0, 0.05) is 12.3 Å². The molecule has 2 nitrogen and oxygen atoms in total. The fourth-order valence-corrected chi connectivity index (χ4v) is 2.20. The van der Waals surface area contributed by atoms with E-state index >= 15 is 0 Å². The molecule has 0 radical (unpaired) electrons. The molecule has 0 aliphatic heterocycles. The van der Waals surface area contributed by atoms with Gasteiger partial charge >= 0.3 is 0 Å². The molecule has 1 N–H and O–H groups in total. The first-order valence-electron chi connectivity index (χ1n) is 4.49. The summed E-state index contributed by atoms with van der Waals surface area (Å²) in [4.78, 5) is 3.50. The van der Waals surface area contributed by atoms with E-state index in [0.717, 1.165) is 0 Å². The monoisotopic (exact) mass is 183 g/mol. The van der Waals surface area contributed by atoms with Crippen molar-refractivity contribution in [2.24, 2.45) is 5.92 Å². The van der Waals surface area contributed by atoms with Crippen molar-refractivity contribution in [1.82, 2.24) is 0 Å². The summed E-state index contributed by atoms with van der Waals surface area (Å²) < 4.78 is 12.5. The number of hydrogen-bond acceptors (Lipinski definition) is 1. The Labute approximate surface area is 77.9 Å². The molecule has 0 aromatic rings. The Morgan fingerprint density at radius 2 is 2.46 bits per heavy atom. The molecule has 0 amide bonds. The molecule has 0 aromatic carbocycles. The SMILES string of the molecule is [C-]#[N+][C@]1(CC)/C(=C/F)[C@H](O)C[C@@H]1C. The zero-order valence-electron chi connectivity index (χ0n) is 7.92. The zero-order valence-corrected chi connectivity index (χ0v) is 7.92. The van der Waals surface area contributed by atoms with E-state index in [9.17, 15) is 9.50 Å². The van der Waals surface area contributed by atoms with E-state index in [2.05, 4.69) is 4.85 Å². The summed E-state index contributed by atoms with van der Waals surface area (Å²) in [5, 5.41) is 9.51. The Hall–Kier alpha value is -0.880. The summed E-state index contributed by atoms with van der Waals surface area (Å²) in [6.45, 7) is 10.9. The lowest BCUT2D eigenvalue weighted by molar-refractivity contribution is 0.208. The second-order valence-electron chi connectivity index (χ2n) is 3.61. The van der Waals surface area contributed by atoms with Gasteiger partial charge in [-0.15, -0.1) is 0 Å². The van der Waals surface area contributed by atoms with Crippen molar-refractivity contribution in [3.8, 4) is 0 Å². The maximum absolute atomic E-state index is 12.5. The van der Waals surface area contributed by atoms with Crippen molar-refractivity contribution < 1.29 is 9.50 Å². The molecule has 13 heavy (non-hydrogen) atoms. The standard InChI is InChI=1S/C10H14FNO/c1-4-10(12-3)7(2)5-9(13)8(10)6-11/h6-7,9,13H,4-5H2,1-2H3/b8-6+/t7-,9+,10-/m0/s1. The van der Waals surface area contributed by atoms with Crippen LogP contribution in [-0.4, -0.2) is 16.7 Å². The predicted octanol–water partition coefficient (Wildman–Crippen LogP) is 2.31. The lowest BCUT2D eigenvalue weighted by Gasteiger charge is -2.19. The van der Waals surface area contributed by atoms with Crippen molar-refractivity contribution in [2.75, 3.05) is 0 Å². The number of hydrogen-bond donors (Lipinski definition) is 1. The molecular weight excluding hydrogens is 169 g/mol. The van der Waals surface area contributed by atoms with Gasteiger partial charge in [0.2, 0.25) is 0 Å². The summed E-state index contributed by atoms with van der Waals surface area (Å²) in [5.74, 6) is 0.0343. The van der Waals surface area contributed by atoms with Crippen LogP contribution >= 0.6 is 0 Å². The van der Waals surface area contributed by atoms with Crippen LogP contribution in [0.1, 0.15) is 26.7 Å². The highest BCUT2D eigenvalue weighted by Gasteiger charge is 2.54. The summed E-state index contributed by atoms with van der Waals surface area (Å²) in [6.07, 6.45) is 0.695. The Morgan fingerprint density at radius 3 is 2.77 bits per heavy atom. The summed E-state index contributed by atoms with van der Waals surface area (Å²) >= 11 is 0. The van der Waals surface area contributed by atoms with Gasteiger partial charge < -0.3 is 9.95 Å². The van der Waals surface area contributed by atoms with Crippen LogP contribution in [0, 0.1) is 12.5 Å². The minimum Gasteiger partial charge on any atom is -0.388 e. The molecule has 0 aromatic heterocycles. The normalized spacial score (nSPS) is 42.2. The molecule has 0 heterocycles. The average Bonchev–Trinajstić information content (AvgIpc) is 2.36. The molecule has 0 saturated heterocycles. The van der Waals surface area contributed by atoms with E-state index in [1.54, 1.807) is 0 Å². The van der Waals surface area contributed by atoms with Crippen LogP contribution in [0.2, 0.25) is 0 Å². The second kappa shape index (κ2) is 3.47. The number of rotatable bonds is 1. The first-order valence-corrected chi connectivity index (χ1v) is 4.49. The Balaban J connectivity index is 3.14. The molecule has 3 heteroatoms. The van der Waals surface area contributed by atoms with Gasteiger partial charge in [-0.25, -0.2) is 11.0 Å². The van der Waals surface area contributed by atoms with Gasteiger partial charge in [-0.3, -0.25) is 0 Å². The Bertz CT molecular complexity index is 269. The lowest BCUT2D eigenvalue weighted by Crippen LogP contribution is -2.29. The van der Waals surface area contributed by atoms with E-state index in [1.165, 1.54) is 0 Å². The fourth-order valence-electron chi connectivity index (χ4n) is 2.20. The van der Waals surface area contributed by atoms with Gasteiger partial charge in [-0.2, -0.15) is 0 Å². The largest absolute Gasteiger partial charge is 0.388 e. The molecular formula is C10H14FNO. The highest BCUT2D eigenvalue weighted by Crippen LogP contribution is 2.45. The molecule has 1 saturated carbocycles. The van der Waals surface area contributed by atoms with Crippen molar-refractivity contribution in [3.05, 3.63) is 23.3 Å². The quantitative estimate of drug-likeness (QED) is 0.620. The number of halogens is 1. The summed E-state index contributed by atoms with van der Waals surface area (Å²) in [5.41, 5.74) is -0.536. The van der Waals surface area contributed by atoms with Crippen LogP contribution in [0.3, 0.4) is 0 Å². The minimum atomic E-state index is -0.797. The van der Waals surface area contributed by atoms with Crippen molar-refractivity contribution >= 4 is 0 Å². The van der Waals surface area contributed by atoms with Gasteiger partial charge in [0.05, 0.1) is 18.0 Å². The molecule has 3 atom stereocenters. The van der Waals surface area contributed by atoms with Crippen molar-refractivity contribution in [3.63, 3.8) is 0 Å². The Kier molecular flexibility index (Phi) is 2.72. The van der Waals surface area contributed by atoms with E-state index in [0.29, 0.717) is 19.2 Å². The maximum Gasteiger partial charge on any atom is 0.260 e. The fraction of sp³-hybridized carbons (Fsp3) is 0.700. The van der Waals surface area contributed by atoms with E-state index in [-0.39, 0.29) is 11.5 Å². The van der Waals surface area contributed by atoms with Crippen molar-refractivity contribution in [2.45, 2.75) is 38.3 Å². The highest BCUT2D eigenvalue weighted by atomic mass is 19.1. The third kappa shape index (κ3) is 1.26. The minimum absolute atomic E-state index is 0.0343. The predicted molar refractivity (Wildman–Crippen MR) is 48.6 cm³/mol. The molecule has 1 aliphatic carbocycles. The molecule has 1 fully saturated rings. The van der Waals surface area contributed by atoms with E-state index in [1.807, 2.05) is 13.8 Å². The van der Waals surface area contributed by atoms with Crippen LogP contribution in [0.5, 0.6) is 0 Å². The topological polar surface area (TPSA) is 24.6 Å². The van der Waals surface area contributed by atoms with Crippen LogP contribution < -0.4 is 0 Å². The van der Waals surface area contributed by atoms with Gasteiger partial charge in [-0.1, -0.05) is 13.8 Å². The molecule has 0 unspecified atom stereocenters. The third-order valence-electron chi connectivity index (χ3n) is 3.11. The van der Waals surface area contributed by atoms with E-state index < -0.39 is 11.6 Å². The number of nitrogens with zero attached hydrogens (tertiary/aromatic N) is 1. The summed E-state index contributed by atoms with van der Waals surface area (Å²) in [7, 11) is 0. The first kappa shape index (κ1) is 10.2. The maximum atomic E-state index is 12.5. The first-order chi connectivity index (χ1) is 6.12. The zero-order chi connectivity index (χ0) is 10.1. The van der Waals surface area contributed by atoms with Crippen LogP contribution in [0.15, 0.2) is 11.9 Å². The molecule has 1 rings (SSSR count). The number of aliphatic hydroxyl groups excluding tert-OH is 1. The van der Waals surface area contributed by atoms with Gasteiger partial charge in [0.15, 0.2) is 0 Å². The van der Waals surface area contributed by atoms with E-state index in [4.69, 9.17) is 6.57 Å². The second-order valence-corrected chi connectivity index (χ2v) is 3.61. The van der Waals surface area contributed by atoms with Crippen molar-refractivity contribution in [1.29, 1.82) is 0 Å².